The number of rotatable bonds is 4. The minimum Gasteiger partial charge on any atom is -0.382 e. The molecule has 1 aromatic rings. The molecule has 0 radical (unpaired) electrons. The Hall–Kier alpha value is -0.940. The Morgan fingerprint density at radius 2 is 2.21 bits per heavy atom. The van der Waals surface area contributed by atoms with Crippen molar-refractivity contribution in [2.24, 2.45) is 11.1 Å². The van der Waals surface area contributed by atoms with E-state index in [2.05, 4.69) is 24.0 Å². The molecule has 1 aliphatic rings. The van der Waals surface area contributed by atoms with Gasteiger partial charge in [0.15, 0.2) is 5.82 Å². The zero-order valence-corrected chi connectivity index (χ0v) is 12.4. The van der Waals surface area contributed by atoms with E-state index in [-0.39, 0.29) is 5.41 Å². The summed E-state index contributed by atoms with van der Waals surface area (Å²) in [5.41, 5.74) is 5.67. The highest BCUT2D eigenvalue weighted by Gasteiger charge is 2.38. The Balaban J connectivity index is 2.21. The van der Waals surface area contributed by atoms with Crippen LogP contribution in [0.15, 0.2) is 4.52 Å². The van der Waals surface area contributed by atoms with Gasteiger partial charge in [-0.3, -0.25) is 0 Å². The van der Waals surface area contributed by atoms with Crippen molar-refractivity contribution in [3.05, 3.63) is 11.7 Å². The van der Waals surface area contributed by atoms with E-state index in [0.29, 0.717) is 18.3 Å². The maximum absolute atomic E-state index is 6.15. The van der Waals surface area contributed by atoms with Crippen LogP contribution in [0, 0.1) is 5.41 Å². The van der Waals surface area contributed by atoms with Crippen molar-refractivity contribution < 1.29 is 9.26 Å². The maximum Gasteiger partial charge on any atom is 0.230 e. The van der Waals surface area contributed by atoms with Crippen molar-refractivity contribution in [2.45, 2.75) is 57.9 Å². The van der Waals surface area contributed by atoms with Gasteiger partial charge in [-0.05, 0) is 25.2 Å². The van der Waals surface area contributed by atoms with Crippen molar-refractivity contribution >= 4 is 0 Å². The van der Waals surface area contributed by atoms with Gasteiger partial charge in [0, 0.05) is 13.0 Å². The Morgan fingerprint density at radius 1 is 1.47 bits per heavy atom. The average molecular weight is 267 g/mol. The van der Waals surface area contributed by atoms with Gasteiger partial charge in [0.25, 0.3) is 0 Å². The summed E-state index contributed by atoms with van der Waals surface area (Å²) >= 11 is 0. The number of aromatic nitrogens is 2. The minimum atomic E-state index is -0.699. The molecule has 0 aliphatic heterocycles. The van der Waals surface area contributed by atoms with Crippen LogP contribution in [-0.4, -0.2) is 23.9 Å². The smallest absolute Gasteiger partial charge is 0.230 e. The van der Waals surface area contributed by atoms with E-state index in [1.807, 2.05) is 6.92 Å². The number of nitrogens with two attached hydrogens (primary N) is 1. The summed E-state index contributed by atoms with van der Waals surface area (Å²) in [7, 11) is 1.62. The molecule has 1 fully saturated rings. The lowest BCUT2D eigenvalue weighted by atomic mass is 9.69. The first-order chi connectivity index (χ1) is 8.87. The number of methoxy groups -OCH3 is 1. The molecule has 0 bridgehead atoms. The monoisotopic (exact) mass is 267 g/mol. The first-order valence-corrected chi connectivity index (χ1v) is 6.99. The summed E-state index contributed by atoms with van der Waals surface area (Å²) in [6, 6.07) is 0. The summed E-state index contributed by atoms with van der Waals surface area (Å²) in [6.07, 6.45) is 4.82. The maximum atomic E-state index is 6.15. The highest BCUT2D eigenvalue weighted by atomic mass is 16.5. The summed E-state index contributed by atoms with van der Waals surface area (Å²) in [4.78, 5) is 4.54. The lowest BCUT2D eigenvalue weighted by molar-refractivity contribution is 0.134. The molecule has 0 amide bonds. The van der Waals surface area contributed by atoms with E-state index >= 15 is 0 Å². The van der Waals surface area contributed by atoms with Gasteiger partial charge in [-0.15, -0.1) is 0 Å². The van der Waals surface area contributed by atoms with Crippen molar-refractivity contribution in [3.8, 4) is 0 Å². The predicted octanol–water partition coefficient (Wildman–Crippen LogP) is 2.57. The molecular weight excluding hydrogens is 242 g/mol. The van der Waals surface area contributed by atoms with Crippen molar-refractivity contribution in [1.82, 2.24) is 10.1 Å². The molecule has 2 rings (SSSR count). The quantitative estimate of drug-likeness (QED) is 0.907. The third-order valence-corrected chi connectivity index (χ3v) is 4.20. The fourth-order valence-corrected chi connectivity index (χ4v) is 2.92. The molecule has 0 aromatic carbocycles. The second-order valence-electron chi connectivity index (χ2n) is 6.59. The lowest BCUT2D eigenvalue weighted by Gasteiger charge is -2.36. The Bertz CT molecular complexity index is 426. The van der Waals surface area contributed by atoms with Crippen molar-refractivity contribution in [2.75, 3.05) is 13.7 Å². The standard InChI is InChI=1S/C14H25N3O2/c1-13(2)8-6-5-7-10(13)11-16-12(17-19-11)14(3,15)9-18-4/h10H,5-9,15H2,1-4H3. The van der Waals surface area contributed by atoms with Gasteiger partial charge < -0.3 is 15.0 Å². The molecule has 0 spiro atoms. The highest BCUT2D eigenvalue weighted by Crippen LogP contribution is 2.46. The highest BCUT2D eigenvalue weighted by molar-refractivity contribution is 5.07. The summed E-state index contributed by atoms with van der Waals surface area (Å²) in [5.74, 6) is 1.60. The van der Waals surface area contributed by atoms with E-state index in [4.69, 9.17) is 15.0 Å². The van der Waals surface area contributed by atoms with E-state index in [9.17, 15) is 0 Å². The Kier molecular flexibility index (Phi) is 3.97. The fourth-order valence-electron chi connectivity index (χ4n) is 2.92. The lowest BCUT2D eigenvalue weighted by Crippen LogP contribution is -2.39. The van der Waals surface area contributed by atoms with Crippen molar-refractivity contribution in [1.29, 1.82) is 0 Å². The molecule has 5 nitrogen and oxygen atoms in total. The topological polar surface area (TPSA) is 74.2 Å². The van der Waals surface area contributed by atoms with E-state index in [1.54, 1.807) is 7.11 Å². The second kappa shape index (κ2) is 5.21. The average Bonchev–Trinajstić information content (AvgIpc) is 2.78. The second-order valence-corrected chi connectivity index (χ2v) is 6.59. The summed E-state index contributed by atoms with van der Waals surface area (Å²) in [5, 5.41) is 4.06. The van der Waals surface area contributed by atoms with Crippen molar-refractivity contribution in [3.63, 3.8) is 0 Å². The summed E-state index contributed by atoms with van der Waals surface area (Å²) < 4.78 is 10.6. The Morgan fingerprint density at radius 3 is 2.84 bits per heavy atom. The van der Waals surface area contributed by atoms with Crippen LogP contribution in [0.25, 0.3) is 0 Å². The first kappa shape index (κ1) is 14.5. The molecule has 0 saturated heterocycles. The SMILES string of the molecule is COCC(C)(N)c1noc(C2CCCCC2(C)C)n1. The minimum absolute atomic E-state index is 0.217. The van der Waals surface area contributed by atoms with Gasteiger partial charge in [-0.25, -0.2) is 0 Å². The van der Waals surface area contributed by atoms with Gasteiger partial charge in [0.1, 0.15) is 5.54 Å². The molecule has 2 N–H and O–H groups in total. The summed E-state index contributed by atoms with van der Waals surface area (Å²) in [6.45, 7) is 6.78. The molecule has 1 heterocycles. The van der Waals surface area contributed by atoms with E-state index < -0.39 is 5.54 Å². The number of nitrogens with zero attached hydrogens (tertiary/aromatic N) is 2. The number of hydrogen-bond acceptors (Lipinski definition) is 5. The van der Waals surface area contributed by atoms with Gasteiger partial charge >= 0.3 is 0 Å². The van der Waals surface area contributed by atoms with Crippen LogP contribution in [-0.2, 0) is 10.3 Å². The van der Waals surface area contributed by atoms with E-state index in [0.717, 1.165) is 12.3 Å². The zero-order chi connectivity index (χ0) is 14.1. The predicted molar refractivity (Wildman–Crippen MR) is 72.7 cm³/mol. The molecule has 5 heteroatoms. The molecule has 2 atom stereocenters. The van der Waals surface area contributed by atoms with Crippen LogP contribution in [0.4, 0.5) is 0 Å². The van der Waals surface area contributed by atoms with Gasteiger partial charge in [-0.2, -0.15) is 4.98 Å². The largest absolute Gasteiger partial charge is 0.382 e. The van der Waals surface area contributed by atoms with Crippen LogP contribution >= 0.6 is 0 Å². The zero-order valence-electron chi connectivity index (χ0n) is 12.4. The van der Waals surface area contributed by atoms with Gasteiger partial charge in [0.2, 0.25) is 5.89 Å². The molecule has 1 aliphatic carbocycles. The molecule has 2 unspecified atom stereocenters. The van der Waals surface area contributed by atoms with Gasteiger partial charge in [-0.1, -0.05) is 31.8 Å². The van der Waals surface area contributed by atoms with E-state index in [1.165, 1.54) is 19.3 Å². The van der Waals surface area contributed by atoms with Gasteiger partial charge in [0.05, 0.1) is 6.61 Å². The Labute approximate surface area is 114 Å². The van der Waals surface area contributed by atoms with Crippen LogP contribution in [0.3, 0.4) is 0 Å². The normalized spacial score (nSPS) is 26.1. The number of ether oxygens (including phenoxy) is 1. The van der Waals surface area contributed by atoms with Crippen LogP contribution < -0.4 is 5.73 Å². The fraction of sp³-hybridized carbons (Fsp3) is 0.857. The molecular formula is C14H25N3O2. The third-order valence-electron chi connectivity index (χ3n) is 4.20. The van der Waals surface area contributed by atoms with Crippen LogP contribution in [0.5, 0.6) is 0 Å². The number of hydrogen-bond donors (Lipinski definition) is 1. The molecule has 108 valence electrons. The molecule has 1 saturated carbocycles. The molecule has 19 heavy (non-hydrogen) atoms. The molecule has 1 aromatic heterocycles. The third kappa shape index (κ3) is 2.98. The van der Waals surface area contributed by atoms with Crippen LogP contribution in [0.1, 0.15) is 64.1 Å². The van der Waals surface area contributed by atoms with Crippen LogP contribution in [0.2, 0.25) is 0 Å². The first-order valence-electron chi connectivity index (χ1n) is 6.99.